The van der Waals surface area contributed by atoms with Gasteiger partial charge in [0.25, 0.3) is 0 Å². The number of halogens is 1. The highest BCUT2D eigenvalue weighted by atomic mass is 32.2. The molecule has 2 aromatic rings. The van der Waals surface area contributed by atoms with E-state index >= 15 is 0 Å². The van der Waals surface area contributed by atoms with Gasteiger partial charge in [0.1, 0.15) is 11.6 Å². The standard InChI is InChI=1S/C15H18FN3O4S/c1-11-9-14(18-23-11)19(24(2,21)22)8-7-15(20)17-10-12-5-3-4-6-13(12)16/h3-6,9H,7-8,10H2,1-2H3,(H,17,20). The Hall–Kier alpha value is -2.42. The van der Waals surface area contributed by atoms with Crippen molar-refractivity contribution in [3.05, 3.63) is 47.5 Å². The highest BCUT2D eigenvalue weighted by Gasteiger charge is 2.21. The first kappa shape index (κ1) is 17.9. The molecule has 2 rings (SSSR count). The predicted octanol–water partition coefficient (Wildman–Crippen LogP) is 1.59. The highest BCUT2D eigenvalue weighted by molar-refractivity contribution is 7.92. The molecule has 0 aliphatic heterocycles. The molecule has 0 spiro atoms. The molecule has 0 saturated heterocycles. The van der Waals surface area contributed by atoms with Gasteiger partial charge in [-0.3, -0.25) is 9.10 Å². The van der Waals surface area contributed by atoms with Crippen molar-refractivity contribution in [1.82, 2.24) is 10.5 Å². The number of aryl methyl sites for hydroxylation is 1. The lowest BCUT2D eigenvalue weighted by atomic mass is 10.2. The SMILES string of the molecule is Cc1cc(N(CCC(=O)NCc2ccccc2F)S(C)(=O)=O)no1. The lowest BCUT2D eigenvalue weighted by Gasteiger charge is -2.18. The number of carbonyl (C=O) groups is 1. The van der Waals surface area contributed by atoms with Crippen molar-refractivity contribution in [1.29, 1.82) is 0 Å². The maximum Gasteiger partial charge on any atom is 0.233 e. The van der Waals surface area contributed by atoms with Crippen LogP contribution < -0.4 is 9.62 Å². The molecule has 130 valence electrons. The molecule has 7 nitrogen and oxygen atoms in total. The Labute approximate surface area is 139 Å². The van der Waals surface area contributed by atoms with Crippen LogP contribution >= 0.6 is 0 Å². The maximum atomic E-state index is 13.5. The van der Waals surface area contributed by atoms with Crippen LogP contribution in [0.25, 0.3) is 0 Å². The minimum atomic E-state index is -3.60. The number of hydrogen-bond acceptors (Lipinski definition) is 5. The normalized spacial score (nSPS) is 11.3. The van der Waals surface area contributed by atoms with Crippen LogP contribution in [0.15, 0.2) is 34.9 Å². The lowest BCUT2D eigenvalue weighted by Crippen LogP contribution is -2.34. The second-order valence-electron chi connectivity index (χ2n) is 5.25. The fraction of sp³-hybridized carbons (Fsp3) is 0.333. The zero-order valence-corrected chi connectivity index (χ0v) is 14.1. The van der Waals surface area contributed by atoms with Gasteiger partial charge in [-0.25, -0.2) is 12.8 Å². The molecule has 9 heteroatoms. The Morgan fingerprint density at radius 2 is 2.08 bits per heavy atom. The summed E-state index contributed by atoms with van der Waals surface area (Å²) in [5, 5.41) is 6.22. The quantitative estimate of drug-likeness (QED) is 0.814. The molecule has 0 saturated carbocycles. The molecule has 24 heavy (non-hydrogen) atoms. The molecule has 1 N–H and O–H groups in total. The van der Waals surface area contributed by atoms with Crippen LogP contribution in [-0.2, 0) is 21.4 Å². The number of nitrogens with zero attached hydrogens (tertiary/aromatic N) is 2. The summed E-state index contributed by atoms with van der Waals surface area (Å²) in [4.78, 5) is 11.9. The van der Waals surface area contributed by atoms with Crippen molar-refractivity contribution in [3.63, 3.8) is 0 Å². The first-order chi connectivity index (χ1) is 11.3. The van der Waals surface area contributed by atoms with E-state index < -0.39 is 21.7 Å². The van der Waals surface area contributed by atoms with Crippen LogP contribution in [0.2, 0.25) is 0 Å². The summed E-state index contributed by atoms with van der Waals surface area (Å²) in [6, 6.07) is 7.57. The van der Waals surface area contributed by atoms with E-state index in [1.807, 2.05) is 0 Å². The minimum absolute atomic E-state index is 0.0352. The number of benzene rings is 1. The third-order valence-electron chi connectivity index (χ3n) is 3.25. The van der Waals surface area contributed by atoms with Crippen molar-refractivity contribution < 1.29 is 22.1 Å². The number of nitrogens with one attached hydrogen (secondary N) is 1. The van der Waals surface area contributed by atoms with Crippen molar-refractivity contribution in [3.8, 4) is 0 Å². The molecular formula is C15H18FN3O4S. The van der Waals surface area contributed by atoms with Gasteiger partial charge >= 0.3 is 0 Å². The summed E-state index contributed by atoms with van der Waals surface area (Å²) < 4.78 is 43.0. The number of hydrogen-bond donors (Lipinski definition) is 1. The van der Waals surface area contributed by atoms with Gasteiger partial charge < -0.3 is 9.84 Å². The van der Waals surface area contributed by atoms with Crippen LogP contribution in [0, 0.1) is 12.7 Å². The number of sulfonamides is 1. The molecular weight excluding hydrogens is 337 g/mol. The fourth-order valence-electron chi connectivity index (χ4n) is 2.05. The van der Waals surface area contributed by atoms with Crippen molar-refractivity contribution >= 4 is 21.7 Å². The van der Waals surface area contributed by atoms with Gasteiger partial charge in [-0.15, -0.1) is 0 Å². The first-order valence-corrected chi connectivity index (χ1v) is 9.03. The highest BCUT2D eigenvalue weighted by Crippen LogP contribution is 2.17. The second kappa shape index (κ2) is 7.43. The topological polar surface area (TPSA) is 92.5 Å². The number of rotatable bonds is 7. The second-order valence-corrected chi connectivity index (χ2v) is 7.16. The van der Waals surface area contributed by atoms with E-state index in [1.54, 1.807) is 25.1 Å². The van der Waals surface area contributed by atoms with Crippen LogP contribution in [-0.4, -0.2) is 32.3 Å². The van der Waals surface area contributed by atoms with E-state index in [1.165, 1.54) is 12.1 Å². The van der Waals surface area contributed by atoms with Crippen molar-refractivity contribution in [2.45, 2.75) is 19.9 Å². The van der Waals surface area contributed by atoms with Crippen LogP contribution in [0.4, 0.5) is 10.2 Å². The van der Waals surface area contributed by atoms with E-state index in [2.05, 4.69) is 10.5 Å². The molecule has 0 aliphatic rings. The molecule has 1 amide bonds. The lowest BCUT2D eigenvalue weighted by molar-refractivity contribution is -0.121. The maximum absolute atomic E-state index is 13.5. The predicted molar refractivity (Wildman–Crippen MR) is 86.3 cm³/mol. The summed E-state index contributed by atoms with van der Waals surface area (Å²) >= 11 is 0. The van der Waals surface area contributed by atoms with Crippen molar-refractivity contribution in [2.75, 3.05) is 17.1 Å². The largest absolute Gasteiger partial charge is 0.360 e. The average molecular weight is 355 g/mol. The molecule has 0 unspecified atom stereocenters. The summed E-state index contributed by atoms with van der Waals surface area (Å²) in [6.45, 7) is 1.58. The number of amides is 1. The van der Waals surface area contributed by atoms with E-state index in [0.29, 0.717) is 11.3 Å². The van der Waals surface area contributed by atoms with Crippen LogP contribution in [0.3, 0.4) is 0 Å². The van der Waals surface area contributed by atoms with Gasteiger partial charge in [0.05, 0.1) is 6.26 Å². The van der Waals surface area contributed by atoms with E-state index in [9.17, 15) is 17.6 Å². The molecule has 1 heterocycles. The molecule has 1 aromatic heterocycles. The molecule has 0 fully saturated rings. The van der Waals surface area contributed by atoms with Crippen LogP contribution in [0.1, 0.15) is 17.7 Å². The van der Waals surface area contributed by atoms with Gasteiger partial charge in [0.15, 0.2) is 5.82 Å². The smallest absolute Gasteiger partial charge is 0.233 e. The number of anilines is 1. The van der Waals surface area contributed by atoms with Crippen LogP contribution in [0.5, 0.6) is 0 Å². The zero-order chi connectivity index (χ0) is 17.7. The van der Waals surface area contributed by atoms with Gasteiger partial charge in [0.2, 0.25) is 15.9 Å². The fourth-order valence-corrected chi connectivity index (χ4v) is 2.90. The van der Waals surface area contributed by atoms with E-state index in [4.69, 9.17) is 4.52 Å². The Morgan fingerprint density at radius 3 is 2.67 bits per heavy atom. The molecule has 0 aliphatic carbocycles. The van der Waals surface area contributed by atoms with Gasteiger partial charge in [-0.1, -0.05) is 23.4 Å². The Balaban J connectivity index is 1.94. The Morgan fingerprint density at radius 1 is 1.38 bits per heavy atom. The van der Waals surface area contributed by atoms with E-state index in [-0.39, 0.29) is 25.3 Å². The summed E-state index contributed by atoms with van der Waals surface area (Å²) in [5.74, 6) is -0.222. The molecule has 0 atom stereocenters. The average Bonchev–Trinajstić information content (AvgIpc) is 2.91. The van der Waals surface area contributed by atoms with E-state index in [0.717, 1.165) is 10.6 Å². The summed E-state index contributed by atoms with van der Waals surface area (Å²) in [7, 11) is -3.60. The number of carbonyl (C=O) groups excluding carboxylic acids is 1. The van der Waals surface area contributed by atoms with Gasteiger partial charge in [-0.05, 0) is 13.0 Å². The molecule has 0 radical (unpaired) electrons. The third kappa shape index (κ3) is 4.79. The Kier molecular flexibility index (Phi) is 5.55. The summed E-state index contributed by atoms with van der Waals surface area (Å²) in [5.41, 5.74) is 0.359. The Bertz CT molecular complexity index is 820. The van der Waals surface area contributed by atoms with Gasteiger partial charge in [-0.2, -0.15) is 0 Å². The van der Waals surface area contributed by atoms with Gasteiger partial charge in [0, 0.05) is 31.1 Å². The molecule has 0 bridgehead atoms. The summed E-state index contributed by atoms with van der Waals surface area (Å²) in [6.07, 6.45) is 0.932. The van der Waals surface area contributed by atoms with Crippen molar-refractivity contribution in [2.24, 2.45) is 0 Å². The number of aromatic nitrogens is 1. The third-order valence-corrected chi connectivity index (χ3v) is 4.42. The molecule has 1 aromatic carbocycles. The monoisotopic (exact) mass is 355 g/mol. The first-order valence-electron chi connectivity index (χ1n) is 7.18. The zero-order valence-electron chi connectivity index (χ0n) is 13.3. The minimum Gasteiger partial charge on any atom is -0.360 e.